The first-order valence-corrected chi connectivity index (χ1v) is 5.47. The van der Waals surface area contributed by atoms with E-state index >= 15 is 0 Å². The Balaban J connectivity index is 2.60. The number of benzene rings is 1. The van der Waals surface area contributed by atoms with Gasteiger partial charge in [0.1, 0.15) is 0 Å². The van der Waals surface area contributed by atoms with Crippen LogP contribution in [0.2, 0.25) is 0 Å². The van der Waals surface area contributed by atoms with E-state index in [-0.39, 0.29) is 17.1 Å². The van der Waals surface area contributed by atoms with E-state index < -0.39 is 11.9 Å². The lowest BCUT2D eigenvalue weighted by molar-refractivity contribution is -0.113. The Bertz CT molecular complexity index is 616. The molecule has 0 aliphatic rings. The summed E-state index contributed by atoms with van der Waals surface area (Å²) in [5.41, 5.74) is 0.240. The van der Waals surface area contributed by atoms with E-state index in [4.69, 9.17) is 4.42 Å². The van der Waals surface area contributed by atoms with Gasteiger partial charge in [-0.3, -0.25) is 4.79 Å². The predicted molar refractivity (Wildman–Crippen MR) is 69.5 cm³/mol. The Morgan fingerprint density at radius 2 is 1.95 bits per heavy atom. The van der Waals surface area contributed by atoms with Crippen molar-refractivity contribution in [2.75, 3.05) is 4.90 Å². The third-order valence-corrected chi connectivity index (χ3v) is 2.50. The summed E-state index contributed by atoms with van der Waals surface area (Å²) in [5, 5.41) is 9.17. The minimum absolute atomic E-state index is 0.00843. The fourth-order valence-electron chi connectivity index (χ4n) is 1.68. The van der Waals surface area contributed by atoms with Gasteiger partial charge >= 0.3 is 5.97 Å². The lowest BCUT2D eigenvalue weighted by atomic mass is 10.1. The molecule has 0 saturated heterocycles. The first-order valence-electron chi connectivity index (χ1n) is 5.47. The van der Waals surface area contributed by atoms with Gasteiger partial charge in [-0.1, -0.05) is 18.7 Å². The monoisotopic (exact) mass is 257 g/mol. The molecule has 1 aromatic carbocycles. The predicted octanol–water partition coefficient (Wildman–Crippen LogP) is 2.83. The molecule has 5 nitrogen and oxygen atoms in total. The molecule has 2 aromatic rings. The molecule has 96 valence electrons. The summed E-state index contributed by atoms with van der Waals surface area (Å²) in [5.74, 6) is -1.36. The number of carbonyl (C=O) groups excluding carboxylic acids is 1. The standard InChI is InChI=1S/C14H11NO4/c1-2-12(16)15(13-8-5-9-19-13)11-7-4-3-6-10(11)14(17)18/h2-9H,1H2,(H,17,18). The Kier molecular flexibility index (Phi) is 3.47. The average molecular weight is 257 g/mol. The summed E-state index contributed by atoms with van der Waals surface area (Å²) in [6.07, 6.45) is 2.50. The smallest absolute Gasteiger partial charge is 0.337 e. The van der Waals surface area contributed by atoms with E-state index in [1.54, 1.807) is 24.3 Å². The normalized spacial score (nSPS) is 9.89. The summed E-state index contributed by atoms with van der Waals surface area (Å²) in [4.78, 5) is 24.3. The molecule has 0 fully saturated rings. The number of anilines is 2. The SMILES string of the molecule is C=CC(=O)N(c1ccco1)c1ccccc1C(=O)O. The van der Waals surface area contributed by atoms with Crippen LogP contribution in [-0.2, 0) is 4.79 Å². The highest BCUT2D eigenvalue weighted by atomic mass is 16.4. The van der Waals surface area contributed by atoms with E-state index in [0.29, 0.717) is 0 Å². The number of para-hydroxylation sites is 1. The topological polar surface area (TPSA) is 70.8 Å². The van der Waals surface area contributed by atoms with Crippen molar-refractivity contribution in [3.8, 4) is 0 Å². The van der Waals surface area contributed by atoms with Crippen molar-refractivity contribution in [2.24, 2.45) is 0 Å². The molecular weight excluding hydrogens is 246 g/mol. The van der Waals surface area contributed by atoms with Crippen molar-refractivity contribution in [1.29, 1.82) is 0 Å². The van der Waals surface area contributed by atoms with Crippen molar-refractivity contribution in [3.63, 3.8) is 0 Å². The van der Waals surface area contributed by atoms with Crippen molar-refractivity contribution in [2.45, 2.75) is 0 Å². The molecular formula is C14H11NO4. The molecule has 0 aliphatic carbocycles. The summed E-state index contributed by atoms with van der Waals surface area (Å²) in [6.45, 7) is 3.41. The maximum Gasteiger partial charge on any atom is 0.337 e. The van der Waals surface area contributed by atoms with Crippen molar-refractivity contribution < 1.29 is 19.1 Å². The number of carbonyl (C=O) groups is 2. The summed E-state index contributed by atoms with van der Waals surface area (Å²) in [7, 11) is 0. The zero-order valence-corrected chi connectivity index (χ0v) is 9.95. The Morgan fingerprint density at radius 1 is 1.21 bits per heavy atom. The number of furan rings is 1. The highest BCUT2D eigenvalue weighted by Crippen LogP contribution is 2.29. The van der Waals surface area contributed by atoms with E-state index in [0.717, 1.165) is 11.0 Å². The van der Waals surface area contributed by atoms with E-state index in [1.807, 2.05) is 0 Å². The van der Waals surface area contributed by atoms with Gasteiger partial charge in [0.05, 0.1) is 17.5 Å². The van der Waals surface area contributed by atoms with Crippen LogP contribution in [0.25, 0.3) is 0 Å². The van der Waals surface area contributed by atoms with Crippen LogP contribution in [0.4, 0.5) is 11.6 Å². The van der Waals surface area contributed by atoms with Gasteiger partial charge in [-0.15, -0.1) is 0 Å². The Hall–Kier alpha value is -2.82. The highest BCUT2D eigenvalue weighted by Gasteiger charge is 2.22. The minimum atomic E-state index is -1.12. The molecule has 0 radical (unpaired) electrons. The number of amides is 1. The number of carboxylic acids is 1. The molecule has 5 heteroatoms. The number of aromatic carboxylic acids is 1. The molecule has 1 amide bonds. The second-order valence-corrected chi connectivity index (χ2v) is 3.65. The quantitative estimate of drug-likeness (QED) is 0.855. The van der Waals surface area contributed by atoms with Crippen LogP contribution in [0.15, 0.2) is 59.7 Å². The van der Waals surface area contributed by atoms with Gasteiger partial charge in [-0.05, 0) is 24.3 Å². The highest BCUT2D eigenvalue weighted by molar-refractivity contribution is 6.09. The maximum atomic E-state index is 11.9. The number of rotatable bonds is 4. The van der Waals surface area contributed by atoms with Crippen LogP contribution >= 0.6 is 0 Å². The van der Waals surface area contributed by atoms with Crippen LogP contribution in [0.3, 0.4) is 0 Å². The Labute approximate surface area is 109 Å². The molecule has 19 heavy (non-hydrogen) atoms. The average Bonchev–Trinajstić information content (AvgIpc) is 2.93. The van der Waals surface area contributed by atoms with Crippen molar-refractivity contribution >= 4 is 23.4 Å². The summed E-state index contributed by atoms with van der Waals surface area (Å²) >= 11 is 0. The van der Waals surface area contributed by atoms with E-state index in [9.17, 15) is 14.7 Å². The molecule has 1 heterocycles. The third-order valence-electron chi connectivity index (χ3n) is 2.50. The largest absolute Gasteiger partial charge is 0.478 e. The van der Waals surface area contributed by atoms with Crippen LogP contribution in [-0.4, -0.2) is 17.0 Å². The second-order valence-electron chi connectivity index (χ2n) is 3.65. The van der Waals surface area contributed by atoms with Gasteiger partial charge in [0.15, 0.2) is 0 Å². The molecule has 1 N–H and O–H groups in total. The summed E-state index contributed by atoms with van der Waals surface area (Å²) in [6, 6.07) is 9.37. The Morgan fingerprint density at radius 3 is 2.53 bits per heavy atom. The third kappa shape index (κ3) is 2.40. The molecule has 0 saturated carbocycles. The first kappa shape index (κ1) is 12.6. The van der Waals surface area contributed by atoms with Crippen LogP contribution < -0.4 is 4.90 Å². The van der Waals surface area contributed by atoms with Crippen molar-refractivity contribution in [1.82, 2.24) is 0 Å². The zero-order valence-electron chi connectivity index (χ0n) is 9.95. The van der Waals surface area contributed by atoms with Crippen LogP contribution in [0.1, 0.15) is 10.4 Å². The van der Waals surface area contributed by atoms with Crippen LogP contribution in [0, 0.1) is 0 Å². The molecule has 0 unspecified atom stereocenters. The van der Waals surface area contributed by atoms with Crippen LogP contribution in [0.5, 0.6) is 0 Å². The number of nitrogens with zero attached hydrogens (tertiary/aromatic N) is 1. The molecule has 1 aromatic heterocycles. The molecule has 2 rings (SSSR count). The number of hydrogen-bond donors (Lipinski definition) is 1. The number of carboxylic acid groups (broad SMARTS) is 1. The first-order chi connectivity index (χ1) is 9.15. The van der Waals surface area contributed by atoms with Gasteiger partial charge in [0.2, 0.25) is 5.88 Å². The van der Waals surface area contributed by atoms with Gasteiger partial charge in [0, 0.05) is 6.07 Å². The molecule has 0 atom stereocenters. The van der Waals surface area contributed by atoms with Gasteiger partial charge in [-0.2, -0.15) is 0 Å². The van der Waals surface area contributed by atoms with Gasteiger partial charge in [0.25, 0.3) is 5.91 Å². The summed E-state index contributed by atoms with van der Waals surface area (Å²) < 4.78 is 5.17. The second kappa shape index (κ2) is 5.22. The lowest BCUT2D eigenvalue weighted by Gasteiger charge is -2.20. The lowest BCUT2D eigenvalue weighted by Crippen LogP contribution is -2.25. The van der Waals surface area contributed by atoms with Gasteiger partial charge < -0.3 is 9.52 Å². The zero-order chi connectivity index (χ0) is 13.8. The molecule has 0 aliphatic heterocycles. The molecule has 0 bridgehead atoms. The number of hydrogen-bond acceptors (Lipinski definition) is 3. The van der Waals surface area contributed by atoms with Crippen molar-refractivity contribution in [3.05, 3.63) is 60.9 Å². The fraction of sp³-hybridized carbons (Fsp3) is 0. The van der Waals surface area contributed by atoms with E-state index in [1.165, 1.54) is 18.4 Å². The minimum Gasteiger partial charge on any atom is -0.478 e. The molecule has 0 spiro atoms. The fourth-order valence-corrected chi connectivity index (χ4v) is 1.68. The maximum absolute atomic E-state index is 11.9. The van der Waals surface area contributed by atoms with Gasteiger partial charge in [-0.25, -0.2) is 9.69 Å². The van der Waals surface area contributed by atoms with E-state index in [2.05, 4.69) is 6.58 Å².